The Morgan fingerprint density at radius 1 is 1.33 bits per heavy atom. The minimum Gasteiger partial charge on any atom is -0.340 e. The van der Waals surface area contributed by atoms with Crippen LogP contribution in [-0.2, 0) is 0 Å². The zero-order chi connectivity index (χ0) is 11.1. The second-order valence-electron chi connectivity index (χ2n) is 3.13. The van der Waals surface area contributed by atoms with Gasteiger partial charge in [-0.1, -0.05) is 6.92 Å². The largest absolute Gasteiger partial charge is 0.340 e. The molecule has 4 nitrogen and oxygen atoms in total. The molecule has 0 unspecified atom stereocenters. The maximum Gasteiger partial charge on any atom is 0.225 e. The van der Waals surface area contributed by atoms with E-state index in [2.05, 4.69) is 50.0 Å². The van der Waals surface area contributed by atoms with Gasteiger partial charge in [-0.2, -0.15) is 0 Å². The second kappa shape index (κ2) is 6.74. The summed E-state index contributed by atoms with van der Waals surface area (Å²) in [5.41, 5.74) is 0. The normalized spacial score (nSPS) is 10.3. The van der Waals surface area contributed by atoms with E-state index in [0.717, 1.165) is 36.6 Å². The van der Waals surface area contributed by atoms with E-state index >= 15 is 0 Å². The number of likely N-dealkylation sites (N-methyl/N-ethyl adjacent to an activating group) is 2. The van der Waals surface area contributed by atoms with Crippen molar-refractivity contribution < 1.29 is 0 Å². The van der Waals surface area contributed by atoms with Crippen LogP contribution in [0.4, 0.5) is 5.95 Å². The minimum absolute atomic E-state index is 0.790. The Bertz CT molecular complexity index is 275. The molecule has 0 aliphatic carbocycles. The van der Waals surface area contributed by atoms with E-state index in [0.29, 0.717) is 0 Å². The standard InChI is InChI=1S/C10H17BrN4/c1-3-12-5-6-15(4-2)10-13-7-9(11)8-14-10/h7-8,12H,3-6H2,1-2H3. The summed E-state index contributed by atoms with van der Waals surface area (Å²) in [6.45, 7) is 8.03. The van der Waals surface area contributed by atoms with Gasteiger partial charge in [0.2, 0.25) is 5.95 Å². The molecule has 0 aliphatic rings. The lowest BCUT2D eigenvalue weighted by atomic mass is 10.5. The van der Waals surface area contributed by atoms with Crippen molar-refractivity contribution in [1.29, 1.82) is 0 Å². The molecule has 1 aromatic rings. The Morgan fingerprint density at radius 2 is 2.00 bits per heavy atom. The molecule has 0 amide bonds. The molecule has 0 spiro atoms. The average Bonchev–Trinajstić information content (AvgIpc) is 2.26. The zero-order valence-electron chi connectivity index (χ0n) is 9.20. The first-order valence-electron chi connectivity index (χ1n) is 5.21. The molecule has 84 valence electrons. The van der Waals surface area contributed by atoms with Crippen LogP contribution in [-0.4, -0.2) is 36.1 Å². The predicted molar refractivity (Wildman–Crippen MR) is 66.2 cm³/mol. The number of hydrogen-bond donors (Lipinski definition) is 1. The molecule has 5 heteroatoms. The van der Waals surface area contributed by atoms with Crippen molar-refractivity contribution in [1.82, 2.24) is 15.3 Å². The van der Waals surface area contributed by atoms with Crippen molar-refractivity contribution in [3.63, 3.8) is 0 Å². The van der Waals surface area contributed by atoms with Crippen LogP contribution in [0.1, 0.15) is 13.8 Å². The van der Waals surface area contributed by atoms with Gasteiger partial charge in [0.1, 0.15) is 0 Å². The van der Waals surface area contributed by atoms with E-state index < -0.39 is 0 Å². The lowest BCUT2D eigenvalue weighted by molar-refractivity contribution is 0.678. The van der Waals surface area contributed by atoms with Crippen LogP contribution in [0.5, 0.6) is 0 Å². The van der Waals surface area contributed by atoms with Crippen molar-refractivity contribution in [2.45, 2.75) is 13.8 Å². The number of anilines is 1. The SMILES string of the molecule is CCNCCN(CC)c1ncc(Br)cn1. The third kappa shape index (κ3) is 4.13. The van der Waals surface area contributed by atoms with Gasteiger partial charge in [-0.3, -0.25) is 0 Å². The molecule has 15 heavy (non-hydrogen) atoms. The van der Waals surface area contributed by atoms with E-state index in [1.54, 1.807) is 12.4 Å². The lowest BCUT2D eigenvalue weighted by Crippen LogP contribution is -2.33. The van der Waals surface area contributed by atoms with Crippen molar-refractivity contribution in [3.05, 3.63) is 16.9 Å². The second-order valence-corrected chi connectivity index (χ2v) is 4.05. The zero-order valence-corrected chi connectivity index (χ0v) is 10.8. The van der Waals surface area contributed by atoms with Crippen LogP contribution in [0.25, 0.3) is 0 Å². The fourth-order valence-corrected chi connectivity index (χ4v) is 1.46. The van der Waals surface area contributed by atoms with Gasteiger partial charge in [-0.05, 0) is 29.4 Å². The van der Waals surface area contributed by atoms with Gasteiger partial charge in [0, 0.05) is 32.0 Å². The molecule has 0 bridgehead atoms. The molecule has 0 aliphatic heterocycles. The minimum atomic E-state index is 0.790. The van der Waals surface area contributed by atoms with Crippen LogP contribution in [0.2, 0.25) is 0 Å². The Labute approximate surface area is 99.2 Å². The number of nitrogens with one attached hydrogen (secondary N) is 1. The van der Waals surface area contributed by atoms with E-state index in [-0.39, 0.29) is 0 Å². The summed E-state index contributed by atoms with van der Waals surface area (Å²) < 4.78 is 0.911. The highest BCUT2D eigenvalue weighted by Gasteiger charge is 2.05. The monoisotopic (exact) mass is 272 g/mol. The Morgan fingerprint density at radius 3 is 2.53 bits per heavy atom. The number of nitrogens with zero attached hydrogens (tertiary/aromatic N) is 3. The van der Waals surface area contributed by atoms with Crippen molar-refractivity contribution >= 4 is 21.9 Å². The number of halogens is 1. The number of hydrogen-bond acceptors (Lipinski definition) is 4. The smallest absolute Gasteiger partial charge is 0.225 e. The Kier molecular flexibility index (Phi) is 5.57. The Balaban J connectivity index is 2.53. The summed E-state index contributed by atoms with van der Waals surface area (Å²) in [5.74, 6) is 0.790. The Hall–Kier alpha value is -0.680. The average molecular weight is 273 g/mol. The molecule has 1 heterocycles. The first-order valence-corrected chi connectivity index (χ1v) is 6.00. The molecule has 0 saturated heterocycles. The maximum absolute atomic E-state index is 4.27. The van der Waals surface area contributed by atoms with E-state index in [1.165, 1.54) is 0 Å². The molecule has 0 saturated carbocycles. The summed E-state index contributed by atoms with van der Waals surface area (Å²) in [6, 6.07) is 0. The van der Waals surface area contributed by atoms with E-state index in [1.807, 2.05) is 0 Å². The first-order chi connectivity index (χ1) is 7.27. The summed E-state index contributed by atoms with van der Waals surface area (Å²) in [4.78, 5) is 10.7. The summed E-state index contributed by atoms with van der Waals surface area (Å²) in [6.07, 6.45) is 3.55. The van der Waals surface area contributed by atoms with Gasteiger partial charge in [-0.25, -0.2) is 9.97 Å². The van der Waals surface area contributed by atoms with Crippen molar-refractivity contribution in [2.75, 3.05) is 31.1 Å². The molecular formula is C10H17BrN4. The number of rotatable bonds is 6. The molecule has 1 rings (SSSR count). The van der Waals surface area contributed by atoms with Crippen LogP contribution < -0.4 is 10.2 Å². The van der Waals surface area contributed by atoms with Gasteiger partial charge >= 0.3 is 0 Å². The van der Waals surface area contributed by atoms with E-state index in [9.17, 15) is 0 Å². The van der Waals surface area contributed by atoms with Gasteiger partial charge in [0.25, 0.3) is 0 Å². The summed E-state index contributed by atoms with van der Waals surface area (Å²) in [7, 11) is 0. The molecule has 0 fully saturated rings. The van der Waals surface area contributed by atoms with Gasteiger partial charge in [0.05, 0.1) is 4.47 Å². The molecule has 0 radical (unpaired) electrons. The summed E-state index contributed by atoms with van der Waals surface area (Å²) in [5, 5.41) is 3.29. The van der Waals surface area contributed by atoms with Crippen LogP contribution in [0, 0.1) is 0 Å². The fraction of sp³-hybridized carbons (Fsp3) is 0.600. The van der Waals surface area contributed by atoms with Crippen LogP contribution in [0.3, 0.4) is 0 Å². The number of aromatic nitrogens is 2. The third-order valence-electron chi connectivity index (χ3n) is 2.08. The highest BCUT2D eigenvalue weighted by atomic mass is 79.9. The van der Waals surface area contributed by atoms with Crippen molar-refractivity contribution in [3.8, 4) is 0 Å². The molecular weight excluding hydrogens is 256 g/mol. The lowest BCUT2D eigenvalue weighted by Gasteiger charge is -2.20. The van der Waals surface area contributed by atoms with Gasteiger partial charge in [0.15, 0.2) is 0 Å². The topological polar surface area (TPSA) is 41.0 Å². The van der Waals surface area contributed by atoms with E-state index in [4.69, 9.17) is 0 Å². The van der Waals surface area contributed by atoms with Crippen LogP contribution >= 0.6 is 15.9 Å². The van der Waals surface area contributed by atoms with Gasteiger partial charge < -0.3 is 10.2 Å². The third-order valence-corrected chi connectivity index (χ3v) is 2.49. The summed E-state index contributed by atoms with van der Waals surface area (Å²) >= 11 is 3.32. The van der Waals surface area contributed by atoms with Gasteiger partial charge in [-0.15, -0.1) is 0 Å². The molecule has 0 aromatic carbocycles. The first kappa shape index (κ1) is 12.4. The highest BCUT2D eigenvalue weighted by molar-refractivity contribution is 9.10. The van der Waals surface area contributed by atoms with Crippen molar-refractivity contribution in [2.24, 2.45) is 0 Å². The molecule has 1 aromatic heterocycles. The fourth-order valence-electron chi connectivity index (χ4n) is 1.26. The quantitative estimate of drug-likeness (QED) is 0.801. The molecule has 1 N–H and O–H groups in total. The predicted octanol–water partition coefficient (Wildman–Crippen LogP) is 1.67. The molecule has 0 atom stereocenters. The maximum atomic E-state index is 4.27. The highest BCUT2D eigenvalue weighted by Crippen LogP contribution is 2.10. The van der Waals surface area contributed by atoms with Crippen LogP contribution in [0.15, 0.2) is 16.9 Å².